The molecule has 0 saturated carbocycles. The molecule has 2 rings (SSSR count). The molecule has 0 atom stereocenters. The summed E-state index contributed by atoms with van der Waals surface area (Å²) < 4.78 is 31.7. The minimum absolute atomic E-state index is 0. The SMILES string of the molecule is CCN(CC)S(=O)(=O)CCNC(=NC)NCc1oc2ccccc2c1C.I. The summed E-state index contributed by atoms with van der Waals surface area (Å²) in [6.45, 7) is 7.43. The lowest BCUT2D eigenvalue weighted by atomic mass is 10.1. The topological polar surface area (TPSA) is 86.9 Å². The lowest BCUT2D eigenvalue weighted by molar-refractivity contribution is 0.445. The highest BCUT2D eigenvalue weighted by Gasteiger charge is 2.18. The van der Waals surface area contributed by atoms with E-state index in [1.54, 1.807) is 7.05 Å². The van der Waals surface area contributed by atoms with Crippen molar-refractivity contribution in [1.29, 1.82) is 0 Å². The van der Waals surface area contributed by atoms with Crippen molar-refractivity contribution in [3.05, 3.63) is 35.6 Å². The summed E-state index contributed by atoms with van der Waals surface area (Å²) in [6.07, 6.45) is 0. The first-order valence-corrected chi connectivity index (χ1v) is 10.4. The van der Waals surface area contributed by atoms with E-state index in [-0.39, 0.29) is 36.3 Å². The van der Waals surface area contributed by atoms with Crippen LogP contribution in [-0.4, -0.2) is 51.1 Å². The molecular weight excluding hydrogens is 479 g/mol. The Morgan fingerprint density at radius 1 is 1.19 bits per heavy atom. The number of hydrogen-bond donors (Lipinski definition) is 2. The minimum atomic E-state index is -3.25. The highest BCUT2D eigenvalue weighted by Crippen LogP contribution is 2.24. The zero-order chi connectivity index (χ0) is 19.2. The molecule has 1 aromatic carbocycles. The molecule has 2 N–H and O–H groups in total. The lowest BCUT2D eigenvalue weighted by Crippen LogP contribution is -2.41. The molecule has 1 aromatic heterocycles. The van der Waals surface area contributed by atoms with Gasteiger partial charge in [0.05, 0.1) is 12.3 Å². The predicted octanol–water partition coefficient (Wildman–Crippen LogP) is 2.70. The van der Waals surface area contributed by atoms with Gasteiger partial charge in [0.1, 0.15) is 11.3 Å². The smallest absolute Gasteiger partial charge is 0.215 e. The van der Waals surface area contributed by atoms with Crippen molar-refractivity contribution in [3.63, 3.8) is 0 Å². The van der Waals surface area contributed by atoms with Crippen LogP contribution in [0.3, 0.4) is 0 Å². The van der Waals surface area contributed by atoms with Crippen LogP contribution in [0.4, 0.5) is 0 Å². The van der Waals surface area contributed by atoms with E-state index < -0.39 is 10.0 Å². The summed E-state index contributed by atoms with van der Waals surface area (Å²) in [5, 5.41) is 7.31. The number of guanidine groups is 1. The number of aliphatic imine (C=N–C) groups is 1. The molecule has 152 valence electrons. The summed E-state index contributed by atoms with van der Waals surface area (Å²) in [5.41, 5.74) is 1.95. The first-order chi connectivity index (χ1) is 12.4. The highest BCUT2D eigenvalue weighted by molar-refractivity contribution is 14.0. The Morgan fingerprint density at radius 2 is 1.85 bits per heavy atom. The Bertz CT molecular complexity index is 861. The third kappa shape index (κ3) is 6.08. The van der Waals surface area contributed by atoms with Gasteiger partial charge in [0.25, 0.3) is 0 Å². The average Bonchev–Trinajstić information content (AvgIpc) is 2.95. The van der Waals surface area contributed by atoms with Crippen LogP contribution in [0.25, 0.3) is 11.0 Å². The number of nitrogens with zero attached hydrogens (tertiary/aromatic N) is 2. The van der Waals surface area contributed by atoms with E-state index in [0.29, 0.717) is 25.6 Å². The average molecular weight is 508 g/mol. The van der Waals surface area contributed by atoms with Gasteiger partial charge in [0.2, 0.25) is 10.0 Å². The number of fused-ring (bicyclic) bond motifs is 1. The molecule has 0 fully saturated rings. The van der Waals surface area contributed by atoms with Gasteiger partial charge in [0, 0.05) is 37.6 Å². The van der Waals surface area contributed by atoms with Crippen molar-refractivity contribution >= 4 is 50.9 Å². The second kappa shape index (κ2) is 10.9. The number of rotatable bonds is 8. The molecule has 0 amide bonds. The van der Waals surface area contributed by atoms with Gasteiger partial charge in [-0.15, -0.1) is 24.0 Å². The molecule has 0 saturated heterocycles. The molecule has 0 aliphatic rings. The molecule has 0 aliphatic heterocycles. The Kier molecular flexibility index (Phi) is 9.54. The second-order valence-corrected chi connectivity index (χ2v) is 7.99. The fourth-order valence-electron chi connectivity index (χ4n) is 2.82. The van der Waals surface area contributed by atoms with Crippen LogP contribution < -0.4 is 10.6 Å². The molecule has 7 nitrogen and oxygen atoms in total. The van der Waals surface area contributed by atoms with E-state index in [2.05, 4.69) is 15.6 Å². The maximum absolute atomic E-state index is 12.2. The lowest BCUT2D eigenvalue weighted by Gasteiger charge is -2.19. The van der Waals surface area contributed by atoms with Crippen LogP contribution in [0, 0.1) is 6.92 Å². The van der Waals surface area contributed by atoms with Gasteiger partial charge >= 0.3 is 0 Å². The van der Waals surface area contributed by atoms with E-state index in [4.69, 9.17) is 4.42 Å². The zero-order valence-electron chi connectivity index (χ0n) is 16.3. The molecule has 0 bridgehead atoms. The van der Waals surface area contributed by atoms with Crippen LogP contribution >= 0.6 is 24.0 Å². The van der Waals surface area contributed by atoms with Gasteiger partial charge in [0.15, 0.2) is 5.96 Å². The number of para-hydroxylation sites is 1. The maximum Gasteiger partial charge on any atom is 0.215 e. The Hall–Kier alpha value is -1.33. The fraction of sp³-hybridized carbons (Fsp3) is 0.500. The first-order valence-electron chi connectivity index (χ1n) is 8.82. The van der Waals surface area contributed by atoms with Crippen molar-refractivity contribution in [2.75, 3.05) is 32.4 Å². The molecule has 0 unspecified atom stereocenters. The van der Waals surface area contributed by atoms with Crippen molar-refractivity contribution in [1.82, 2.24) is 14.9 Å². The molecule has 27 heavy (non-hydrogen) atoms. The number of furan rings is 1. The zero-order valence-corrected chi connectivity index (χ0v) is 19.4. The summed E-state index contributed by atoms with van der Waals surface area (Å²) in [4.78, 5) is 4.14. The number of benzene rings is 1. The summed E-state index contributed by atoms with van der Waals surface area (Å²) in [6, 6.07) is 7.90. The normalized spacial score (nSPS) is 12.3. The Labute approximate surface area is 178 Å². The van der Waals surface area contributed by atoms with E-state index in [9.17, 15) is 8.42 Å². The van der Waals surface area contributed by atoms with Crippen LogP contribution in [0.1, 0.15) is 25.2 Å². The third-order valence-corrected chi connectivity index (χ3v) is 6.36. The molecule has 9 heteroatoms. The third-order valence-electron chi connectivity index (χ3n) is 4.33. The maximum atomic E-state index is 12.2. The number of aryl methyl sites for hydroxylation is 1. The number of halogens is 1. The van der Waals surface area contributed by atoms with Crippen molar-refractivity contribution in [2.45, 2.75) is 27.3 Å². The summed E-state index contributed by atoms with van der Waals surface area (Å²) >= 11 is 0. The Morgan fingerprint density at radius 3 is 2.44 bits per heavy atom. The van der Waals surface area contributed by atoms with E-state index in [1.165, 1.54) is 4.31 Å². The van der Waals surface area contributed by atoms with Gasteiger partial charge in [-0.1, -0.05) is 32.0 Å². The fourth-order valence-corrected chi connectivity index (χ4v) is 4.23. The number of hydrogen-bond acceptors (Lipinski definition) is 4. The molecular formula is C18H29IN4O3S. The summed E-state index contributed by atoms with van der Waals surface area (Å²) in [7, 11) is -1.60. The van der Waals surface area contributed by atoms with Crippen LogP contribution in [-0.2, 0) is 16.6 Å². The van der Waals surface area contributed by atoms with Gasteiger partial charge in [-0.2, -0.15) is 0 Å². The van der Waals surface area contributed by atoms with Gasteiger partial charge in [-0.25, -0.2) is 12.7 Å². The largest absolute Gasteiger partial charge is 0.459 e. The van der Waals surface area contributed by atoms with E-state index in [1.807, 2.05) is 45.0 Å². The van der Waals surface area contributed by atoms with Gasteiger partial charge < -0.3 is 15.1 Å². The molecule has 2 aromatic rings. The monoisotopic (exact) mass is 508 g/mol. The number of nitrogens with one attached hydrogen (secondary N) is 2. The minimum Gasteiger partial charge on any atom is -0.459 e. The Balaban J connectivity index is 0.00000364. The van der Waals surface area contributed by atoms with Crippen LogP contribution in [0.2, 0.25) is 0 Å². The standard InChI is InChI=1S/C18H28N4O3S.HI/c1-5-22(6-2)26(23,24)12-11-20-18(19-4)21-13-17-14(3)15-9-7-8-10-16(15)25-17;/h7-10H,5-6,11-13H2,1-4H3,(H2,19,20,21);1H. The molecule has 1 heterocycles. The van der Waals surface area contributed by atoms with Crippen LogP contribution in [0.5, 0.6) is 0 Å². The van der Waals surface area contributed by atoms with Crippen LogP contribution in [0.15, 0.2) is 33.7 Å². The molecule has 0 aliphatic carbocycles. The van der Waals surface area contributed by atoms with Gasteiger partial charge in [-0.3, -0.25) is 4.99 Å². The molecule has 0 radical (unpaired) electrons. The highest BCUT2D eigenvalue weighted by atomic mass is 127. The van der Waals surface area contributed by atoms with E-state index >= 15 is 0 Å². The summed E-state index contributed by atoms with van der Waals surface area (Å²) in [5.74, 6) is 1.41. The van der Waals surface area contributed by atoms with Crippen molar-refractivity contribution in [3.8, 4) is 0 Å². The number of sulfonamides is 1. The van der Waals surface area contributed by atoms with E-state index in [0.717, 1.165) is 22.3 Å². The van der Waals surface area contributed by atoms with Crippen molar-refractivity contribution in [2.24, 2.45) is 4.99 Å². The quantitative estimate of drug-likeness (QED) is 0.326. The molecule has 0 spiro atoms. The first kappa shape index (κ1) is 23.7. The predicted molar refractivity (Wildman–Crippen MR) is 121 cm³/mol. The van der Waals surface area contributed by atoms with Gasteiger partial charge in [-0.05, 0) is 13.0 Å². The second-order valence-electron chi connectivity index (χ2n) is 5.90. The van der Waals surface area contributed by atoms with Crippen molar-refractivity contribution < 1.29 is 12.8 Å².